The maximum atomic E-state index is 12.4. The summed E-state index contributed by atoms with van der Waals surface area (Å²) < 4.78 is 0. The minimum Gasteiger partial charge on any atom is -0.398 e. The van der Waals surface area contributed by atoms with Gasteiger partial charge in [-0.3, -0.25) is 9.69 Å². The smallest absolute Gasteiger partial charge is 0.251 e. The standard InChI is InChI=1S/C16H23N3O/c1-10-7-11(2)15(17)8-14(10)16(20)18-12-5-6-19(9-12)13-3-4-13/h7-8,12-13H,3-6,9,17H2,1-2H3,(H,18,20). The van der Waals surface area contributed by atoms with Gasteiger partial charge >= 0.3 is 0 Å². The molecular formula is C16H23N3O. The normalized spacial score (nSPS) is 23.0. The molecule has 1 aliphatic carbocycles. The van der Waals surface area contributed by atoms with Crippen molar-refractivity contribution in [3.05, 3.63) is 28.8 Å². The second-order valence-corrected chi connectivity index (χ2v) is 6.21. The van der Waals surface area contributed by atoms with Crippen LogP contribution in [0.5, 0.6) is 0 Å². The molecule has 3 N–H and O–H groups in total. The molecule has 108 valence electrons. The highest BCUT2D eigenvalue weighted by Crippen LogP contribution is 2.30. The van der Waals surface area contributed by atoms with Gasteiger partial charge in [0.05, 0.1) is 0 Å². The van der Waals surface area contributed by atoms with E-state index in [-0.39, 0.29) is 11.9 Å². The van der Waals surface area contributed by atoms with Crippen molar-refractivity contribution in [3.63, 3.8) is 0 Å². The third-order valence-electron chi connectivity index (χ3n) is 4.48. The molecule has 1 saturated heterocycles. The number of aryl methyl sites for hydroxylation is 2. The van der Waals surface area contributed by atoms with Gasteiger partial charge in [-0.15, -0.1) is 0 Å². The number of nitrogen functional groups attached to an aromatic ring is 1. The molecule has 1 aliphatic heterocycles. The zero-order chi connectivity index (χ0) is 14.3. The topological polar surface area (TPSA) is 58.4 Å². The fraction of sp³-hybridized carbons (Fsp3) is 0.562. The average Bonchev–Trinajstić information content (AvgIpc) is 3.15. The molecule has 0 aromatic heterocycles. The predicted octanol–water partition coefficient (Wildman–Crippen LogP) is 1.85. The summed E-state index contributed by atoms with van der Waals surface area (Å²) in [6.07, 6.45) is 3.71. The number of hydrogen-bond donors (Lipinski definition) is 2. The van der Waals surface area contributed by atoms with Crippen LogP contribution in [0.3, 0.4) is 0 Å². The van der Waals surface area contributed by atoms with Crippen molar-refractivity contribution in [2.24, 2.45) is 0 Å². The molecule has 2 aliphatic rings. The lowest BCUT2D eigenvalue weighted by Crippen LogP contribution is -2.37. The van der Waals surface area contributed by atoms with Gasteiger partial charge in [-0.2, -0.15) is 0 Å². The van der Waals surface area contributed by atoms with Gasteiger partial charge < -0.3 is 11.1 Å². The summed E-state index contributed by atoms with van der Waals surface area (Å²) in [6.45, 7) is 6.04. The number of likely N-dealkylation sites (tertiary alicyclic amines) is 1. The van der Waals surface area contributed by atoms with Crippen LogP contribution in [0.4, 0.5) is 5.69 Å². The fourth-order valence-electron chi connectivity index (χ4n) is 3.05. The van der Waals surface area contributed by atoms with E-state index in [9.17, 15) is 4.79 Å². The Labute approximate surface area is 120 Å². The van der Waals surface area contributed by atoms with E-state index in [0.29, 0.717) is 11.3 Å². The van der Waals surface area contributed by atoms with Crippen LogP contribution in [0.15, 0.2) is 12.1 Å². The molecule has 1 heterocycles. The van der Waals surface area contributed by atoms with Crippen molar-refractivity contribution >= 4 is 11.6 Å². The van der Waals surface area contributed by atoms with Crippen molar-refractivity contribution < 1.29 is 4.79 Å². The Hall–Kier alpha value is -1.55. The van der Waals surface area contributed by atoms with Crippen LogP contribution in [0.2, 0.25) is 0 Å². The fourth-order valence-corrected chi connectivity index (χ4v) is 3.05. The largest absolute Gasteiger partial charge is 0.398 e. The van der Waals surface area contributed by atoms with E-state index >= 15 is 0 Å². The number of hydrogen-bond acceptors (Lipinski definition) is 3. The minimum atomic E-state index is 0.0110. The van der Waals surface area contributed by atoms with Crippen molar-refractivity contribution in [1.29, 1.82) is 0 Å². The number of benzene rings is 1. The Bertz CT molecular complexity index is 537. The summed E-state index contributed by atoms with van der Waals surface area (Å²) >= 11 is 0. The first-order valence-corrected chi connectivity index (χ1v) is 7.46. The summed E-state index contributed by atoms with van der Waals surface area (Å²) in [5.74, 6) is 0.0110. The predicted molar refractivity (Wildman–Crippen MR) is 80.8 cm³/mol. The quantitative estimate of drug-likeness (QED) is 0.826. The Morgan fingerprint density at radius 1 is 1.25 bits per heavy atom. The van der Waals surface area contributed by atoms with Gasteiger partial charge in [0.1, 0.15) is 0 Å². The van der Waals surface area contributed by atoms with Crippen LogP contribution in [0.1, 0.15) is 40.7 Å². The maximum absolute atomic E-state index is 12.4. The monoisotopic (exact) mass is 273 g/mol. The zero-order valence-corrected chi connectivity index (χ0v) is 12.3. The molecule has 1 saturated carbocycles. The molecule has 1 aromatic carbocycles. The number of nitrogens with zero attached hydrogens (tertiary/aromatic N) is 1. The van der Waals surface area contributed by atoms with Crippen molar-refractivity contribution in [3.8, 4) is 0 Å². The van der Waals surface area contributed by atoms with Crippen LogP contribution >= 0.6 is 0 Å². The molecule has 4 nitrogen and oxygen atoms in total. The first kappa shape index (κ1) is 13.4. The number of nitrogens with two attached hydrogens (primary N) is 1. The number of anilines is 1. The Morgan fingerprint density at radius 3 is 2.70 bits per heavy atom. The number of rotatable bonds is 3. The van der Waals surface area contributed by atoms with E-state index < -0.39 is 0 Å². The van der Waals surface area contributed by atoms with Gasteiger partial charge in [-0.05, 0) is 50.3 Å². The Kier molecular flexibility index (Phi) is 3.42. The Balaban J connectivity index is 1.66. The molecule has 2 fully saturated rings. The van der Waals surface area contributed by atoms with Gasteiger partial charge in [-0.1, -0.05) is 6.07 Å². The molecule has 20 heavy (non-hydrogen) atoms. The van der Waals surface area contributed by atoms with Crippen LogP contribution in [0.25, 0.3) is 0 Å². The highest BCUT2D eigenvalue weighted by molar-refractivity contribution is 5.97. The van der Waals surface area contributed by atoms with E-state index in [1.54, 1.807) is 6.07 Å². The number of amides is 1. The summed E-state index contributed by atoms with van der Waals surface area (Å²) in [5, 5.41) is 3.16. The van der Waals surface area contributed by atoms with Crippen LogP contribution in [0, 0.1) is 13.8 Å². The average molecular weight is 273 g/mol. The summed E-state index contributed by atoms with van der Waals surface area (Å²) in [7, 11) is 0. The van der Waals surface area contributed by atoms with Gasteiger partial charge in [0.25, 0.3) is 5.91 Å². The van der Waals surface area contributed by atoms with Crippen molar-refractivity contribution in [1.82, 2.24) is 10.2 Å². The van der Waals surface area contributed by atoms with E-state index in [1.807, 2.05) is 19.9 Å². The van der Waals surface area contributed by atoms with Crippen LogP contribution in [-0.2, 0) is 0 Å². The molecule has 3 rings (SSSR count). The van der Waals surface area contributed by atoms with E-state index in [4.69, 9.17) is 5.73 Å². The SMILES string of the molecule is Cc1cc(C)c(C(=O)NC2CCN(C3CC3)C2)cc1N. The maximum Gasteiger partial charge on any atom is 0.251 e. The zero-order valence-electron chi connectivity index (χ0n) is 12.3. The molecule has 1 aromatic rings. The highest BCUT2D eigenvalue weighted by atomic mass is 16.1. The summed E-state index contributed by atoms with van der Waals surface area (Å²) in [5.41, 5.74) is 9.33. The van der Waals surface area contributed by atoms with Gasteiger partial charge in [-0.25, -0.2) is 0 Å². The molecule has 0 spiro atoms. The molecule has 1 amide bonds. The first-order chi connectivity index (χ1) is 9.54. The summed E-state index contributed by atoms with van der Waals surface area (Å²) in [4.78, 5) is 14.9. The molecule has 4 heteroatoms. The number of carbonyl (C=O) groups is 1. The first-order valence-electron chi connectivity index (χ1n) is 7.46. The Morgan fingerprint density at radius 2 is 2.00 bits per heavy atom. The molecular weight excluding hydrogens is 250 g/mol. The second kappa shape index (κ2) is 5.09. The highest BCUT2D eigenvalue weighted by Gasteiger charge is 2.34. The van der Waals surface area contributed by atoms with Crippen LogP contribution < -0.4 is 11.1 Å². The summed E-state index contributed by atoms with van der Waals surface area (Å²) in [6, 6.07) is 4.85. The van der Waals surface area contributed by atoms with Crippen molar-refractivity contribution in [2.75, 3.05) is 18.8 Å². The van der Waals surface area contributed by atoms with Gasteiger partial charge in [0.15, 0.2) is 0 Å². The van der Waals surface area contributed by atoms with Crippen LogP contribution in [-0.4, -0.2) is 36.0 Å². The molecule has 0 radical (unpaired) electrons. The lowest BCUT2D eigenvalue weighted by Gasteiger charge is -2.17. The minimum absolute atomic E-state index is 0.0110. The lowest BCUT2D eigenvalue weighted by atomic mass is 10.0. The molecule has 1 atom stereocenters. The van der Waals surface area contributed by atoms with E-state index in [2.05, 4.69) is 10.2 Å². The number of carbonyl (C=O) groups excluding carboxylic acids is 1. The van der Waals surface area contributed by atoms with E-state index in [1.165, 1.54) is 12.8 Å². The van der Waals surface area contributed by atoms with Crippen molar-refractivity contribution in [2.45, 2.75) is 45.2 Å². The number of nitrogens with one attached hydrogen (secondary N) is 1. The van der Waals surface area contributed by atoms with Gasteiger partial charge in [0.2, 0.25) is 0 Å². The third-order valence-corrected chi connectivity index (χ3v) is 4.48. The van der Waals surface area contributed by atoms with Gasteiger partial charge in [0, 0.05) is 36.4 Å². The molecule has 1 unspecified atom stereocenters. The second-order valence-electron chi connectivity index (χ2n) is 6.21. The molecule has 0 bridgehead atoms. The van der Waals surface area contributed by atoms with E-state index in [0.717, 1.165) is 36.7 Å². The third kappa shape index (κ3) is 2.66. The lowest BCUT2D eigenvalue weighted by molar-refractivity contribution is 0.0937.